The number of carbonyl (C=O) groups excluding carboxylic acids is 1. The summed E-state index contributed by atoms with van der Waals surface area (Å²) in [5.41, 5.74) is 4.05. The number of halogens is 1. The maximum atomic E-state index is 10.7. The highest BCUT2D eigenvalue weighted by Crippen LogP contribution is 2.25. The number of hydrogen-bond donors (Lipinski definition) is 1. The number of carbonyl (C=O) groups is 1. The second-order valence-electron chi connectivity index (χ2n) is 3.21. The van der Waals surface area contributed by atoms with Gasteiger partial charge in [0, 0.05) is 6.92 Å². The van der Waals surface area contributed by atoms with Crippen LogP contribution in [-0.2, 0) is 4.79 Å². The number of benzene rings is 1. The zero-order valence-corrected chi connectivity index (χ0v) is 11.0. The SMILES string of the molecule is COc1ccc(/C(C)=N\NC(C)=O)cc1Br. The Morgan fingerprint density at radius 1 is 1.44 bits per heavy atom. The third-order valence-electron chi connectivity index (χ3n) is 1.95. The van der Waals surface area contributed by atoms with Crippen molar-refractivity contribution in [3.05, 3.63) is 28.2 Å². The third kappa shape index (κ3) is 3.34. The molecule has 0 fully saturated rings. The molecule has 0 saturated carbocycles. The zero-order chi connectivity index (χ0) is 12.1. The Morgan fingerprint density at radius 3 is 2.62 bits per heavy atom. The van der Waals surface area contributed by atoms with Crippen molar-refractivity contribution in [1.82, 2.24) is 5.43 Å². The quantitative estimate of drug-likeness (QED) is 0.684. The highest BCUT2D eigenvalue weighted by Gasteiger charge is 2.03. The maximum absolute atomic E-state index is 10.7. The molecule has 0 aromatic heterocycles. The van der Waals surface area contributed by atoms with Crippen LogP contribution in [0.5, 0.6) is 5.75 Å². The van der Waals surface area contributed by atoms with Gasteiger partial charge in [-0.3, -0.25) is 4.79 Å². The van der Waals surface area contributed by atoms with Crippen LogP contribution < -0.4 is 10.2 Å². The van der Waals surface area contributed by atoms with E-state index in [1.807, 2.05) is 25.1 Å². The van der Waals surface area contributed by atoms with Gasteiger partial charge in [0.05, 0.1) is 17.3 Å². The Labute approximate surface area is 103 Å². The minimum absolute atomic E-state index is 0.188. The summed E-state index contributed by atoms with van der Waals surface area (Å²) in [5, 5.41) is 3.95. The van der Waals surface area contributed by atoms with Crippen molar-refractivity contribution in [3.8, 4) is 5.75 Å². The van der Waals surface area contributed by atoms with Gasteiger partial charge in [0.2, 0.25) is 5.91 Å². The monoisotopic (exact) mass is 284 g/mol. The minimum Gasteiger partial charge on any atom is -0.496 e. The summed E-state index contributed by atoms with van der Waals surface area (Å²) in [7, 11) is 1.61. The molecule has 4 nitrogen and oxygen atoms in total. The lowest BCUT2D eigenvalue weighted by Crippen LogP contribution is -2.15. The van der Waals surface area contributed by atoms with Crippen molar-refractivity contribution in [2.45, 2.75) is 13.8 Å². The summed E-state index contributed by atoms with van der Waals surface area (Å²) in [6.45, 7) is 3.24. The Morgan fingerprint density at radius 2 is 2.12 bits per heavy atom. The van der Waals surface area contributed by atoms with E-state index in [2.05, 4.69) is 26.5 Å². The molecule has 16 heavy (non-hydrogen) atoms. The molecule has 0 radical (unpaired) electrons. The first-order chi connectivity index (χ1) is 7.54. The topological polar surface area (TPSA) is 50.7 Å². The van der Waals surface area contributed by atoms with Gasteiger partial charge in [0.25, 0.3) is 0 Å². The van der Waals surface area contributed by atoms with Crippen molar-refractivity contribution in [2.75, 3.05) is 7.11 Å². The normalized spacial score (nSPS) is 11.1. The predicted octanol–water partition coefficient (Wildman–Crippen LogP) is 2.32. The molecule has 1 rings (SSSR count). The van der Waals surface area contributed by atoms with Gasteiger partial charge in [-0.1, -0.05) is 0 Å². The van der Waals surface area contributed by atoms with Crippen molar-refractivity contribution in [2.24, 2.45) is 5.10 Å². The van der Waals surface area contributed by atoms with Crippen molar-refractivity contribution in [1.29, 1.82) is 0 Å². The van der Waals surface area contributed by atoms with Crippen molar-refractivity contribution in [3.63, 3.8) is 0 Å². The highest BCUT2D eigenvalue weighted by atomic mass is 79.9. The molecule has 0 spiro atoms. The zero-order valence-electron chi connectivity index (χ0n) is 9.37. The highest BCUT2D eigenvalue weighted by molar-refractivity contribution is 9.10. The molecule has 0 atom stereocenters. The standard InChI is InChI=1S/C11H13BrN2O2/c1-7(13-14-8(2)15)9-4-5-11(16-3)10(12)6-9/h4-6H,1-3H3,(H,14,15)/b13-7-. The lowest BCUT2D eigenvalue weighted by molar-refractivity contribution is -0.118. The van der Waals surface area contributed by atoms with Gasteiger partial charge in [-0.05, 0) is 46.6 Å². The molecule has 1 amide bonds. The van der Waals surface area contributed by atoms with Crippen molar-refractivity contribution >= 4 is 27.5 Å². The fourth-order valence-electron chi connectivity index (χ4n) is 1.12. The van der Waals surface area contributed by atoms with E-state index >= 15 is 0 Å². The van der Waals surface area contributed by atoms with E-state index in [1.54, 1.807) is 7.11 Å². The summed E-state index contributed by atoms with van der Waals surface area (Å²) in [4.78, 5) is 10.7. The van der Waals surface area contributed by atoms with Gasteiger partial charge >= 0.3 is 0 Å². The second-order valence-corrected chi connectivity index (χ2v) is 4.07. The molecule has 1 N–H and O–H groups in total. The van der Waals surface area contributed by atoms with Gasteiger partial charge in [-0.15, -0.1) is 0 Å². The molecule has 1 aromatic rings. The lowest BCUT2D eigenvalue weighted by atomic mass is 10.1. The molecule has 0 saturated heterocycles. The number of rotatable bonds is 3. The molecule has 0 bridgehead atoms. The van der Waals surface area contributed by atoms with E-state index < -0.39 is 0 Å². The average Bonchev–Trinajstić information content (AvgIpc) is 2.25. The smallest absolute Gasteiger partial charge is 0.236 e. The number of amides is 1. The number of nitrogens with zero attached hydrogens (tertiary/aromatic N) is 1. The number of methoxy groups -OCH3 is 1. The van der Waals surface area contributed by atoms with E-state index in [1.165, 1.54) is 6.92 Å². The largest absolute Gasteiger partial charge is 0.496 e. The van der Waals surface area contributed by atoms with Gasteiger partial charge in [0.1, 0.15) is 5.75 Å². The van der Waals surface area contributed by atoms with Crippen LogP contribution in [0.1, 0.15) is 19.4 Å². The number of hydrazone groups is 1. The van der Waals surface area contributed by atoms with Crippen LogP contribution in [0.15, 0.2) is 27.8 Å². The summed E-state index contributed by atoms with van der Waals surface area (Å²) in [6, 6.07) is 5.61. The van der Waals surface area contributed by atoms with E-state index in [9.17, 15) is 4.79 Å². The molecule has 0 aliphatic carbocycles. The molecule has 0 aliphatic rings. The van der Waals surface area contributed by atoms with Gasteiger partial charge < -0.3 is 4.74 Å². The third-order valence-corrected chi connectivity index (χ3v) is 2.57. The van der Waals surface area contributed by atoms with Crippen LogP contribution in [0.4, 0.5) is 0 Å². The fourth-order valence-corrected chi connectivity index (χ4v) is 1.66. The summed E-state index contributed by atoms with van der Waals surface area (Å²) in [5.74, 6) is 0.572. The second kappa shape index (κ2) is 5.65. The van der Waals surface area contributed by atoms with Crippen LogP contribution in [0.2, 0.25) is 0 Å². The molecule has 0 aliphatic heterocycles. The van der Waals surface area contributed by atoms with Crippen LogP contribution in [-0.4, -0.2) is 18.7 Å². The van der Waals surface area contributed by atoms with Crippen molar-refractivity contribution < 1.29 is 9.53 Å². The molecule has 0 heterocycles. The molecule has 1 aromatic carbocycles. The average molecular weight is 285 g/mol. The first-order valence-electron chi connectivity index (χ1n) is 4.69. The number of nitrogens with one attached hydrogen (secondary N) is 1. The Kier molecular flexibility index (Phi) is 4.49. The molecule has 86 valence electrons. The van der Waals surface area contributed by atoms with Crippen LogP contribution in [0.3, 0.4) is 0 Å². The van der Waals surface area contributed by atoms with E-state index in [-0.39, 0.29) is 5.91 Å². The van der Waals surface area contributed by atoms with E-state index in [0.717, 1.165) is 21.5 Å². The van der Waals surface area contributed by atoms with Crippen LogP contribution in [0.25, 0.3) is 0 Å². The molecule has 0 unspecified atom stereocenters. The molecular weight excluding hydrogens is 272 g/mol. The molecular formula is C11H13BrN2O2. The van der Waals surface area contributed by atoms with Crippen LogP contribution in [0, 0.1) is 0 Å². The fraction of sp³-hybridized carbons (Fsp3) is 0.273. The van der Waals surface area contributed by atoms with E-state index in [4.69, 9.17) is 4.74 Å². The summed E-state index contributed by atoms with van der Waals surface area (Å²) >= 11 is 3.39. The Hall–Kier alpha value is -1.36. The summed E-state index contributed by atoms with van der Waals surface area (Å²) < 4.78 is 5.97. The first-order valence-corrected chi connectivity index (χ1v) is 5.48. The Balaban J connectivity index is 2.92. The number of hydrogen-bond acceptors (Lipinski definition) is 3. The lowest BCUT2D eigenvalue weighted by Gasteiger charge is -2.06. The van der Waals surface area contributed by atoms with E-state index in [0.29, 0.717) is 0 Å². The minimum atomic E-state index is -0.188. The van der Waals surface area contributed by atoms with Crippen LogP contribution >= 0.6 is 15.9 Å². The number of ether oxygens (including phenoxy) is 1. The summed E-state index contributed by atoms with van der Waals surface area (Å²) in [6.07, 6.45) is 0. The Bertz CT molecular complexity index is 430. The molecule has 5 heteroatoms. The first kappa shape index (κ1) is 12.7. The maximum Gasteiger partial charge on any atom is 0.236 e. The van der Waals surface area contributed by atoms with Gasteiger partial charge in [-0.25, -0.2) is 5.43 Å². The van der Waals surface area contributed by atoms with Gasteiger partial charge in [-0.2, -0.15) is 5.10 Å². The predicted molar refractivity (Wildman–Crippen MR) is 66.7 cm³/mol. The van der Waals surface area contributed by atoms with Gasteiger partial charge in [0.15, 0.2) is 0 Å².